The summed E-state index contributed by atoms with van der Waals surface area (Å²) < 4.78 is 11.1. The van der Waals surface area contributed by atoms with Gasteiger partial charge in [-0.15, -0.1) is 0 Å². The quantitative estimate of drug-likeness (QED) is 0.874. The molecule has 0 aromatic heterocycles. The van der Waals surface area contributed by atoms with E-state index in [1.165, 1.54) is 0 Å². The van der Waals surface area contributed by atoms with E-state index in [-0.39, 0.29) is 11.8 Å². The maximum absolute atomic E-state index is 12.6. The molecule has 1 N–H and O–H groups in total. The van der Waals surface area contributed by atoms with Gasteiger partial charge in [-0.2, -0.15) is 0 Å². The number of nitrogens with zero attached hydrogens (tertiary/aromatic N) is 2. The number of amides is 2. The van der Waals surface area contributed by atoms with Gasteiger partial charge in [-0.25, -0.2) is 0 Å². The van der Waals surface area contributed by atoms with Crippen molar-refractivity contribution in [1.82, 2.24) is 4.90 Å². The lowest BCUT2D eigenvalue weighted by molar-refractivity contribution is -0.125. The van der Waals surface area contributed by atoms with Crippen LogP contribution in [0, 0.1) is 0 Å². The van der Waals surface area contributed by atoms with Gasteiger partial charge in [-0.1, -0.05) is 6.92 Å². The van der Waals surface area contributed by atoms with E-state index in [2.05, 4.69) is 10.2 Å². The molecule has 1 unspecified atom stereocenters. The molecule has 0 radical (unpaired) electrons. The van der Waals surface area contributed by atoms with E-state index in [9.17, 15) is 9.59 Å². The molecular weight excluding hydrogens is 322 g/mol. The molecular formula is C18H25N3O4. The first-order valence-electron chi connectivity index (χ1n) is 8.80. The highest BCUT2D eigenvalue weighted by atomic mass is 16.5. The lowest BCUT2D eigenvalue weighted by atomic mass is 10.1. The first-order chi connectivity index (χ1) is 12.1. The van der Waals surface area contributed by atoms with Crippen molar-refractivity contribution in [3.05, 3.63) is 18.2 Å². The summed E-state index contributed by atoms with van der Waals surface area (Å²) >= 11 is 0. The highest BCUT2D eigenvalue weighted by molar-refractivity contribution is 6.00. The van der Waals surface area contributed by atoms with Gasteiger partial charge in [-0.3, -0.25) is 14.5 Å². The second-order valence-electron chi connectivity index (χ2n) is 6.29. The van der Waals surface area contributed by atoms with Crippen molar-refractivity contribution in [2.24, 2.45) is 0 Å². The number of fused-ring (bicyclic) bond motifs is 1. The minimum absolute atomic E-state index is 0.0360. The van der Waals surface area contributed by atoms with E-state index in [0.29, 0.717) is 24.4 Å². The van der Waals surface area contributed by atoms with E-state index < -0.39 is 6.10 Å². The number of benzene rings is 1. The molecule has 2 aliphatic heterocycles. The summed E-state index contributed by atoms with van der Waals surface area (Å²) in [4.78, 5) is 28.2. The first kappa shape index (κ1) is 17.7. The molecule has 1 saturated heterocycles. The Morgan fingerprint density at radius 2 is 2.04 bits per heavy atom. The number of rotatable bonds is 5. The number of morpholine rings is 1. The Hall–Kier alpha value is -2.12. The minimum atomic E-state index is -0.533. The molecule has 1 atom stereocenters. The molecule has 2 heterocycles. The van der Waals surface area contributed by atoms with Crippen molar-refractivity contribution in [2.75, 3.05) is 49.6 Å². The molecule has 136 valence electrons. The summed E-state index contributed by atoms with van der Waals surface area (Å²) in [5.74, 6) is 0.540. The van der Waals surface area contributed by atoms with E-state index >= 15 is 0 Å². The lowest BCUT2D eigenvalue weighted by Crippen LogP contribution is -2.48. The molecule has 1 aromatic rings. The standard InChI is InChI=1S/C18H25N3O4/c1-3-17(22)19-14-4-5-15-16(12-14)25-13(2)18(23)21(15)7-6-20-8-10-24-11-9-20/h4-5,12-13H,3,6-11H2,1-2H3,(H,19,22). The smallest absolute Gasteiger partial charge is 0.267 e. The summed E-state index contributed by atoms with van der Waals surface area (Å²) in [6.07, 6.45) is -0.118. The average molecular weight is 347 g/mol. The molecule has 25 heavy (non-hydrogen) atoms. The third-order valence-electron chi connectivity index (χ3n) is 4.52. The molecule has 3 rings (SSSR count). The Labute approximate surface area is 147 Å². The fourth-order valence-electron chi connectivity index (χ4n) is 3.03. The van der Waals surface area contributed by atoms with Crippen LogP contribution in [-0.4, -0.2) is 62.2 Å². The van der Waals surface area contributed by atoms with Gasteiger partial charge in [0.2, 0.25) is 5.91 Å². The van der Waals surface area contributed by atoms with Crippen molar-refractivity contribution in [3.63, 3.8) is 0 Å². The van der Waals surface area contributed by atoms with Gasteiger partial charge in [0.05, 0.1) is 18.9 Å². The maximum Gasteiger partial charge on any atom is 0.267 e. The molecule has 7 heteroatoms. The number of hydrogen-bond donors (Lipinski definition) is 1. The monoisotopic (exact) mass is 347 g/mol. The van der Waals surface area contributed by atoms with Crippen LogP contribution in [0.3, 0.4) is 0 Å². The van der Waals surface area contributed by atoms with Crippen LogP contribution in [0.2, 0.25) is 0 Å². The fraction of sp³-hybridized carbons (Fsp3) is 0.556. The number of ether oxygens (including phenoxy) is 2. The normalized spacial score (nSPS) is 20.8. The van der Waals surface area contributed by atoms with Crippen molar-refractivity contribution in [3.8, 4) is 5.75 Å². The predicted molar refractivity (Wildman–Crippen MR) is 95.1 cm³/mol. The van der Waals surface area contributed by atoms with Gasteiger partial charge in [0.1, 0.15) is 5.75 Å². The van der Waals surface area contributed by atoms with Gasteiger partial charge in [0, 0.05) is 44.4 Å². The summed E-state index contributed by atoms with van der Waals surface area (Å²) in [5, 5.41) is 2.82. The Bertz CT molecular complexity index is 643. The van der Waals surface area contributed by atoms with Crippen molar-refractivity contribution < 1.29 is 19.1 Å². The number of nitrogens with one attached hydrogen (secondary N) is 1. The van der Waals surface area contributed by atoms with E-state index in [0.717, 1.165) is 38.5 Å². The average Bonchev–Trinajstić information content (AvgIpc) is 2.63. The Balaban J connectivity index is 1.75. The summed E-state index contributed by atoms with van der Waals surface area (Å²) in [5.41, 5.74) is 1.44. The lowest BCUT2D eigenvalue weighted by Gasteiger charge is -2.35. The second kappa shape index (κ2) is 7.84. The highest BCUT2D eigenvalue weighted by Crippen LogP contribution is 2.36. The molecule has 2 amide bonds. The highest BCUT2D eigenvalue weighted by Gasteiger charge is 2.31. The number of carbonyl (C=O) groups excluding carboxylic acids is 2. The second-order valence-corrected chi connectivity index (χ2v) is 6.29. The van der Waals surface area contributed by atoms with E-state index in [4.69, 9.17) is 9.47 Å². The van der Waals surface area contributed by atoms with Crippen LogP contribution in [0.4, 0.5) is 11.4 Å². The van der Waals surface area contributed by atoms with Crippen LogP contribution < -0.4 is 15.0 Å². The topological polar surface area (TPSA) is 71.1 Å². The molecule has 1 fully saturated rings. The number of hydrogen-bond acceptors (Lipinski definition) is 5. The molecule has 0 aliphatic carbocycles. The van der Waals surface area contributed by atoms with Crippen LogP contribution in [0.1, 0.15) is 20.3 Å². The summed E-state index contributed by atoms with van der Waals surface area (Å²) in [6.45, 7) is 8.24. The third kappa shape index (κ3) is 4.11. The van der Waals surface area contributed by atoms with E-state index in [1.807, 2.05) is 6.07 Å². The van der Waals surface area contributed by atoms with Crippen LogP contribution in [0.5, 0.6) is 5.75 Å². The fourth-order valence-corrected chi connectivity index (χ4v) is 3.03. The molecule has 0 bridgehead atoms. The molecule has 2 aliphatic rings. The molecule has 1 aromatic carbocycles. The Morgan fingerprint density at radius 3 is 2.76 bits per heavy atom. The van der Waals surface area contributed by atoms with Crippen molar-refractivity contribution in [2.45, 2.75) is 26.4 Å². The molecule has 7 nitrogen and oxygen atoms in total. The Kier molecular flexibility index (Phi) is 5.55. The van der Waals surface area contributed by atoms with Gasteiger partial charge >= 0.3 is 0 Å². The predicted octanol–water partition coefficient (Wildman–Crippen LogP) is 1.48. The van der Waals surface area contributed by atoms with Crippen LogP contribution in [0.15, 0.2) is 18.2 Å². The van der Waals surface area contributed by atoms with Crippen LogP contribution in [-0.2, 0) is 14.3 Å². The first-order valence-corrected chi connectivity index (χ1v) is 8.80. The molecule has 0 saturated carbocycles. The zero-order valence-corrected chi connectivity index (χ0v) is 14.8. The summed E-state index contributed by atoms with van der Waals surface area (Å²) in [7, 11) is 0. The third-order valence-corrected chi connectivity index (χ3v) is 4.52. The van der Waals surface area contributed by atoms with Crippen molar-refractivity contribution in [1.29, 1.82) is 0 Å². The zero-order valence-electron chi connectivity index (χ0n) is 14.8. The van der Waals surface area contributed by atoms with E-state index in [1.54, 1.807) is 30.9 Å². The van der Waals surface area contributed by atoms with Gasteiger partial charge in [-0.05, 0) is 19.1 Å². The van der Waals surface area contributed by atoms with Crippen molar-refractivity contribution >= 4 is 23.2 Å². The SMILES string of the molecule is CCC(=O)Nc1ccc2c(c1)OC(C)C(=O)N2CCN1CCOCC1. The number of carbonyl (C=O) groups is 2. The molecule has 0 spiro atoms. The Morgan fingerprint density at radius 1 is 1.28 bits per heavy atom. The minimum Gasteiger partial charge on any atom is -0.479 e. The van der Waals surface area contributed by atoms with Gasteiger partial charge in [0.25, 0.3) is 5.91 Å². The zero-order chi connectivity index (χ0) is 17.8. The van der Waals surface area contributed by atoms with Gasteiger partial charge < -0.3 is 19.7 Å². The maximum atomic E-state index is 12.6. The van der Waals surface area contributed by atoms with Gasteiger partial charge in [0.15, 0.2) is 6.10 Å². The van der Waals surface area contributed by atoms with Crippen LogP contribution in [0.25, 0.3) is 0 Å². The number of anilines is 2. The largest absolute Gasteiger partial charge is 0.479 e. The summed E-state index contributed by atoms with van der Waals surface area (Å²) in [6, 6.07) is 5.43. The van der Waals surface area contributed by atoms with Crippen LogP contribution >= 0.6 is 0 Å².